The molecule has 0 heterocycles. The van der Waals surface area contributed by atoms with Gasteiger partial charge in [-0.15, -0.1) is 0 Å². The first-order valence-corrected chi connectivity index (χ1v) is 7.90. The lowest BCUT2D eigenvalue weighted by molar-refractivity contribution is -0.385. The minimum absolute atomic E-state index is 0.165. The largest absolute Gasteiger partial charge is 0.454 e. The number of carbonyl (C=O) groups excluding carboxylic acids is 2. The van der Waals surface area contributed by atoms with Gasteiger partial charge < -0.3 is 4.74 Å². The molecule has 3 aromatic carbocycles. The van der Waals surface area contributed by atoms with Crippen LogP contribution in [-0.2, 0) is 4.74 Å². The van der Waals surface area contributed by atoms with Crippen molar-refractivity contribution in [1.29, 1.82) is 0 Å². The molecule has 0 aromatic heterocycles. The summed E-state index contributed by atoms with van der Waals surface area (Å²) in [4.78, 5) is 35.0. The van der Waals surface area contributed by atoms with Gasteiger partial charge in [0.2, 0.25) is 0 Å². The lowest BCUT2D eigenvalue weighted by atomic mass is 10.0. The molecular formula is C20H15NO5. The summed E-state index contributed by atoms with van der Waals surface area (Å²) in [7, 11) is 0. The van der Waals surface area contributed by atoms with E-state index in [1.807, 2.05) is 30.3 Å². The number of ketones is 1. The Labute approximate surface area is 149 Å². The van der Waals surface area contributed by atoms with Crippen LogP contribution in [-0.4, -0.2) is 23.3 Å². The number of para-hydroxylation sites is 1. The molecule has 3 aromatic rings. The number of hydrogen-bond donors (Lipinski definition) is 0. The first-order valence-electron chi connectivity index (χ1n) is 7.90. The Hall–Kier alpha value is -3.54. The van der Waals surface area contributed by atoms with Crippen LogP contribution in [0.3, 0.4) is 0 Å². The fraction of sp³-hybridized carbons (Fsp3) is 0.100. The minimum Gasteiger partial charge on any atom is -0.454 e. The Morgan fingerprint density at radius 3 is 2.46 bits per heavy atom. The topological polar surface area (TPSA) is 86.5 Å². The number of aryl methyl sites for hydroxylation is 1. The molecule has 0 saturated heterocycles. The van der Waals surface area contributed by atoms with E-state index in [0.717, 1.165) is 10.8 Å². The maximum absolute atomic E-state index is 12.3. The van der Waals surface area contributed by atoms with E-state index in [2.05, 4.69) is 0 Å². The van der Waals surface area contributed by atoms with Gasteiger partial charge in [0.1, 0.15) is 5.56 Å². The number of nitrogens with zero attached hydrogens (tertiary/aromatic N) is 1. The van der Waals surface area contributed by atoms with Crippen LogP contribution in [0.2, 0.25) is 0 Å². The molecule has 0 aliphatic heterocycles. The van der Waals surface area contributed by atoms with Gasteiger partial charge in [0, 0.05) is 11.1 Å². The number of carbonyl (C=O) groups is 2. The monoisotopic (exact) mass is 349 g/mol. The van der Waals surface area contributed by atoms with E-state index < -0.39 is 17.5 Å². The van der Waals surface area contributed by atoms with Crippen molar-refractivity contribution in [2.75, 3.05) is 6.61 Å². The average Bonchev–Trinajstić information content (AvgIpc) is 2.64. The highest BCUT2D eigenvalue weighted by Gasteiger charge is 2.24. The standard InChI is InChI=1S/C20H15NO5/c1-13-5-4-8-17(19(13)21(24)25)20(23)26-12-18(22)16-10-9-14-6-2-3-7-15(14)11-16/h2-11H,12H2,1H3. The SMILES string of the molecule is Cc1cccc(C(=O)OCC(=O)c2ccc3ccccc3c2)c1[N+](=O)[O-]. The van der Waals surface area contributed by atoms with Gasteiger partial charge in [-0.25, -0.2) is 4.79 Å². The summed E-state index contributed by atoms with van der Waals surface area (Å²) < 4.78 is 5.01. The molecule has 0 spiro atoms. The van der Waals surface area contributed by atoms with Gasteiger partial charge in [-0.1, -0.05) is 48.5 Å². The van der Waals surface area contributed by atoms with E-state index >= 15 is 0 Å². The summed E-state index contributed by atoms with van der Waals surface area (Å²) >= 11 is 0. The smallest absolute Gasteiger partial charge is 0.345 e. The van der Waals surface area contributed by atoms with Gasteiger partial charge in [-0.05, 0) is 29.8 Å². The summed E-state index contributed by atoms with van der Waals surface area (Å²) in [6.45, 7) is 1.05. The summed E-state index contributed by atoms with van der Waals surface area (Å²) in [5.41, 5.74) is 0.289. The normalized spacial score (nSPS) is 10.5. The van der Waals surface area contributed by atoms with E-state index in [-0.39, 0.29) is 17.0 Å². The molecule has 0 N–H and O–H groups in total. The third-order valence-electron chi connectivity index (χ3n) is 4.05. The molecule has 0 atom stereocenters. The molecule has 0 amide bonds. The number of Topliss-reactive ketones (excluding diaryl/α,β-unsaturated/α-hetero) is 1. The van der Waals surface area contributed by atoms with Crippen LogP contribution >= 0.6 is 0 Å². The van der Waals surface area contributed by atoms with Crippen molar-refractivity contribution >= 4 is 28.2 Å². The molecule has 0 fully saturated rings. The highest BCUT2D eigenvalue weighted by Crippen LogP contribution is 2.24. The van der Waals surface area contributed by atoms with Gasteiger partial charge in [0.15, 0.2) is 12.4 Å². The molecule has 0 bridgehead atoms. The Kier molecular flexibility index (Phi) is 4.75. The van der Waals surface area contributed by atoms with Crippen LogP contribution in [0, 0.1) is 17.0 Å². The highest BCUT2D eigenvalue weighted by molar-refractivity contribution is 6.02. The van der Waals surface area contributed by atoms with Gasteiger partial charge in [-0.3, -0.25) is 14.9 Å². The second-order valence-corrected chi connectivity index (χ2v) is 5.79. The summed E-state index contributed by atoms with van der Waals surface area (Å²) in [5.74, 6) is -1.27. The van der Waals surface area contributed by atoms with Crippen molar-refractivity contribution in [3.63, 3.8) is 0 Å². The maximum Gasteiger partial charge on any atom is 0.345 e. The third-order valence-corrected chi connectivity index (χ3v) is 4.05. The second kappa shape index (κ2) is 7.14. The zero-order valence-electron chi connectivity index (χ0n) is 14.0. The molecule has 0 unspecified atom stereocenters. The molecule has 26 heavy (non-hydrogen) atoms. The van der Waals surface area contributed by atoms with Crippen molar-refractivity contribution in [1.82, 2.24) is 0 Å². The molecule has 130 valence electrons. The van der Waals surface area contributed by atoms with Crippen molar-refractivity contribution in [3.8, 4) is 0 Å². The number of rotatable bonds is 5. The lowest BCUT2D eigenvalue weighted by Crippen LogP contribution is -2.15. The molecule has 0 radical (unpaired) electrons. The van der Waals surface area contributed by atoms with Crippen molar-refractivity contribution < 1.29 is 19.2 Å². The van der Waals surface area contributed by atoms with Crippen LogP contribution in [0.15, 0.2) is 60.7 Å². The van der Waals surface area contributed by atoms with Gasteiger partial charge in [0.25, 0.3) is 5.69 Å². The van der Waals surface area contributed by atoms with Gasteiger partial charge in [0.05, 0.1) is 4.92 Å². The summed E-state index contributed by atoms with van der Waals surface area (Å²) in [6, 6.07) is 17.2. The molecule has 0 saturated carbocycles. The first kappa shape index (κ1) is 17.3. The second-order valence-electron chi connectivity index (χ2n) is 5.79. The molecule has 3 rings (SSSR count). The van der Waals surface area contributed by atoms with E-state index in [0.29, 0.717) is 11.1 Å². The number of esters is 1. The van der Waals surface area contributed by atoms with E-state index in [4.69, 9.17) is 4.74 Å². The quantitative estimate of drug-likeness (QED) is 0.300. The fourth-order valence-corrected chi connectivity index (χ4v) is 2.72. The maximum atomic E-state index is 12.3. The first-order chi connectivity index (χ1) is 12.5. The average molecular weight is 349 g/mol. The Balaban J connectivity index is 1.76. The number of nitro benzene ring substituents is 1. The molecule has 0 aliphatic rings. The van der Waals surface area contributed by atoms with Crippen molar-refractivity contribution in [3.05, 3.63) is 87.5 Å². The molecule has 6 heteroatoms. The van der Waals surface area contributed by atoms with Gasteiger partial charge in [-0.2, -0.15) is 0 Å². The molecular weight excluding hydrogens is 334 g/mol. The molecule has 0 aliphatic carbocycles. The lowest BCUT2D eigenvalue weighted by Gasteiger charge is -2.07. The van der Waals surface area contributed by atoms with Gasteiger partial charge >= 0.3 is 5.97 Å². The van der Waals surface area contributed by atoms with E-state index in [1.54, 1.807) is 12.1 Å². The van der Waals surface area contributed by atoms with Crippen LogP contribution in [0.1, 0.15) is 26.3 Å². The number of benzene rings is 3. The van der Waals surface area contributed by atoms with Crippen molar-refractivity contribution in [2.45, 2.75) is 6.92 Å². The van der Waals surface area contributed by atoms with Crippen LogP contribution < -0.4 is 0 Å². The van der Waals surface area contributed by atoms with Crippen LogP contribution in [0.25, 0.3) is 10.8 Å². The number of nitro groups is 1. The van der Waals surface area contributed by atoms with E-state index in [1.165, 1.54) is 25.1 Å². The zero-order chi connectivity index (χ0) is 18.7. The minimum atomic E-state index is -0.894. The van der Waals surface area contributed by atoms with Crippen LogP contribution in [0.5, 0.6) is 0 Å². The number of ether oxygens (including phenoxy) is 1. The zero-order valence-corrected chi connectivity index (χ0v) is 14.0. The summed E-state index contributed by atoms with van der Waals surface area (Å²) in [6.07, 6.45) is 0. The Morgan fingerprint density at radius 2 is 1.73 bits per heavy atom. The summed E-state index contributed by atoms with van der Waals surface area (Å²) in [5, 5.41) is 13.1. The van der Waals surface area contributed by atoms with Crippen LogP contribution in [0.4, 0.5) is 5.69 Å². The van der Waals surface area contributed by atoms with E-state index in [9.17, 15) is 19.7 Å². The Bertz CT molecular complexity index is 1030. The predicted octanol–water partition coefficient (Wildman–Crippen LogP) is 4.10. The Morgan fingerprint density at radius 1 is 1.00 bits per heavy atom. The van der Waals surface area contributed by atoms with Crippen molar-refractivity contribution in [2.24, 2.45) is 0 Å². The fourth-order valence-electron chi connectivity index (χ4n) is 2.72. The predicted molar refractivity (Wildman–Crippen MR) is 96.4 cm³/mol. The number of fused-ring (bicyclic) bond motifs is 1. The highest BCUT2D eigenvalue weighted by atomic mass is 16.6. The number of hydrogen-bond acceptors (Lipinski definition) is 5. The third kappa shape index (κ3) is 3.44. The molecule has 6 nitrogen and oxygen atoms in total.